The molecule has 4 heterocycles. The van der Waals surface area contributed by atoms with Crippen LogP contribution < -0.4 is 4.90 Å². The number of hydrogen-bond acceptors (Lipinski definition) is 6. The van der Waals surface area contributed by atoms with E-state index in [4.69, 9.17) is 4.74 Å². The van der Waals surface area contributed by atoms with Gasteiger partial charge in [-0.3, -0.25) is 9.69 Å². The van der Waals surface area contributed by atoms with Crippen molar-refractivity contribution < 1.29 is 14.6 Å². The number of ether oxygens (including phenoxy) is 1. The molecule has 1 N–H and O–H groups in total. The van der Waals surface area contributed by atoms with Crippen molar-refractivity contribution in [2.75, 3.05) is 44.8 Å². The zero-order chi connectivity index (χ0) is 24.1. The minimum Gasteiger partial charge on any atom is -0.381 e. The largest absolute Gasteiger partial charge is 0.381 e. The number of hydrogen-bond donors (Lipinski definition) is 1. The number of amides is 1. The Morgan fingerprint density at radius 3 is 2.38 bits per heavy atom. The highest BCUT2D eigenvalue weighted by Gasteiger charge is 2.55. The summed E-state index contributed by atoms with van der Waals surface area (Å²) in [6, 6.07) is 10.2. The van der Waals surface area contributed by atoms with Crippen molar-refractivity contribution in [3.63, 3.8) is 0 Å². The predicted molar refractivity (Wildman–Crippen MR) is 131 cm³/mol. The molecule has 3 aliphatic heterocycles. The van der Waals surface area contributed by atoms with Crippen LogP contribution in [0.4, 0.5) is 5.82 Å². The quantitative estimate of drug-likeness (QED) is 0.731. The SMILES string of the molecule is CC(C)c1ccc([C@](O)(c2cnnc(N3CC4(CCOCC4)CC3=O)c2)C2(C)CN(C)C2)cc1. The van der Waals surface area contributed by atoms with Crippen molar-refractivity contribution in [3.05, 3.63) is 53.2 Å². The van der Waals surface area contributed by atoms with Crippen molar-refractivity contribution in [3.8, 4) is 0 Å². The molecule has 1 amide bonds. The second kappa shape index (κ2) is 8.40. The summed E-state index contributed by atoms with van der Waals surface area (Å²) in [5, 5.41) is 21.1. The van der Waals surface area contributed by atoms with E-state index in [-0.39, 0.29) is 11.3 Å². The molecule has 7 heteroatoms. The fraction of sp³-hybridized carbons (Fsp3) is 0.593. The first kappa shape index (κ1) is 23.4. The summed E-state index contributed by atoms with van der Waals surface area (Å²) in [5.74, 6) is 1.02. The van der Waals surface area contributed by atoms with E-state index >= 15 is 0 Å². The number of anilines is 1. The summed E-state index contributed by atoms with van der Waals surface area (Å²) in [6.45, 7) is 10.0. The first-order chi connectivity index (χ1) is 16.2. The molecule has 2 aromatic rings. The number of carbonyl (C=O) groups excluding carboxylic acids is 1. The van der Waals surface area contributed by atoms with Gasteiger partial charge < -0.3 is 14.7 Å². The van der Waals surface area contributed by atoms with E-state index in [0.717, 1.165) is 31.5 Å². The second-order valence-corrected chi connectivity index (χ2v) is 11.3. The zero-order valence-electron chi connectivity index (χ0n) is 20.8. The summed E-state index contributed by atoms with van der Waals surface area (Å²) in [4.78, 5) is 17.0. The molecule has 0 bridgehead atoms. The Labute approximate surface area is 202 Å². The number of carbonyl (C=O) groups is 1. The fourth-order valence-corrected chi connectivity index (χ4v) is 6.28. The summed E-state index contributed by atoms with van der Waals surface area (Å²) in [6.07, 6.45) is 3.96. The molecule has 3 aliphatic rings. The Morgan fingerprint density at radius 1 is 1.09 bits per heavy atom. The van der Waals surface area contributed by atoms with Gasteiger partial charge in [0, 0.05) is 55.7 Å². The average molecular weight is 465 g/mol. The van der Waals surface area contributed by atoms with Crippen LogP contribution in [-0.4, -0.2) is 66.0 Å². The van der Waals surface area contributed by atoms with E-state index in [0.29, 0.717) is 43.5 Å². The molecule has 3 saturated heterocycles. The highest BCUT2D eigenvalue weighted by atomic mass is 16.5. The Balaban J connectivity index is 1.53. The molecular formula is C27H36N4O3. The van der Waals surface area contributed by atoms with E-state index in [2.05, 4.69) is 55.0 Å². The van der Waals surface area contributed by atoms with Gasteiger partial charge in [0.1, 0.15) is 5.60 Å². The lowest BCUT2D eigenvalue weighted by Gasteiger charge is -2.55. The van der Waals surface area contributed by atoms with Crippen LogP contribution in [0.25, 0.3) is 0 Å². The van der Waals surface area contributed by atoms with Gasteiger partial charge in [0.15, 0.2) is 5.82 Å². The lowest BCUT2D eigenvalue weighted by atomic mass is 9.62. The fourth-order valence-electron chi connectivity index (χ4n) is 6.28. The number of nitrogens with zero attached hydrogens (tertiary/aromatic N) is 4. The van der Waals surface area contributed by atoms with Crippen LogP contribution in [0.5, 0.6) is 0 Å². The molecule has 1 aromatic heterocycles. The van der Waals surface area contributed by atoms with Gasteiger partial charge in [-0.15, -0.1) is 5.10 Å². The normalized spacial score (nSPS) is 23.8. The minimum absolute atomic E-state index is 0.0430. The molecule has 3 fully saturated rings. The molecule has 182 valence electrons. The van der Waals surface area contributed by atoms with Crippen LogP contribution in [0, 0.1) is 10.8 Å². The highest BCUT2D eigenvalue weighted by molar-refractivity contribution is 5.95. The Bertz CT molecular complexity index is 1060. The molecule has 7 nitrogen and oxygen atoms in total. The first-order valence-electron chi connectivity index (χ1n) is 12.4. The van der Waals surface area contributed by atoms with Crippen LogP contribution >= 0.6 is 0 Å². The van der Waals surface area contributed by atoms with Gasteiger partial charge in [-0.2, -0.15) is 5.10 Å². The number of aliphatic hydroxyl groups is 1. The number of likely N-dealkylation sites (tertiary alicyclic amines) is 1. The third kappa shape index (κ3) is 3.74. The lowest BCUT2D eigenvalue weighted by Crippen LogP contribution is -2.63. The van der Waals surface area contributed by atoms with Gasteiger partial charge in [0.25, 0.3) is 0 Å². The van der Waals surface area contributed by atoms with E-state index < -0.39 is 11.0 Å². The van der Waals surface area contributed by atoms with Gasteiger partial charge >= 0.3 is 0 Å². The van der Waals surface area contributed by atoms with Crippen LogP contribution in [0.15, 0.2) is 36.5 Å². The number of benzene rings is 1. The molecule has 34 heavy (non-hydrogen) atoms. The second-order valence-electron chi connectivity index (χ2n) is 11.3. The van der Waals surface area contributed by atoms with Gasteiger partial charge in [-0.1, -0.05) is 45.0 Å². The van der Waals surface area contributed by atoms with Crippen molar-refractivity contribution in [1.82, 2.24) is 15.1 Å². The van der Waals surface area contributed by atoms with Gasteiger partial charge in [0.2, 0.25) is 5.91 Å². The maximum atomic E-state index is 13.0. The van der Waals surface area contributed by atoms with E-state index in [9.17, 15) is 9.90 Å². The van der Waals surface area contributed by atoms with E-state index in [1.807, 2.05) is 18.2 Å². The molecule has 5 rings (SSSR count). The number of rotatable bonds is 5. The Morgan fingerprint density at radius 2 is 1.76 bits per heavy atom. The average Bonchev–Trinajstić information content (AvgIpc) is 3.13. The summed E-state index contributed by atoms with van der Waals surface area (Å²) in [5.41, 5.74) is 1.08. The minimum atomic E-state index is -1.25. The predicted octanol–water partition coefficient (Wildman–Crippen LogP) is 3.32. The van der Waals surface area contributed by atoms with Crippen molar-refractivity contribution >= 4 is 11.7 Å². The monoisotopic (exact) mass is 464 g/mol. The van der Waals surface area contributed by atoms with Crippen molar-refractivity contribution in [2.24, 2.45) is 10.8 Å². The molecule has 0 aliphatic carbocycles. The Kier molecular flexibility index (Phi) is 5.78. The lowest BCUT2D eigenvalue weighted by molar-refractivity contribution is -0.127. The highest BCUT2D eigenvalue weighted by Crippen LogP contribution is 2.51. The zero-order valence-corrected chi connectivity index (χ0v) is 20.8. The summed E-state index contributed by atoms with van der Waals surface area (Å²) < 4.78 is 5.54. The summed E-state index contributed by atoms with van der Waals surface area (Å²) >= 11 is 0. The Hall–Kier alpha value is -2.35. The van der Waals surface area contributed by atoms with Gasteiger partial charge in [0.05, 0.1) is 6.20 Å². The van der Waals surface area contributed by atoms with Crippen LogP contribution in [0.3, 0.4) is 0 Å². The van der Waals surface area contributed by atoms with Gasteiger partial charge in [-0.25, -0.2) is 0 Å². The smallest absolute Gasteiger partial charge is 0.228 e. The molecule has 0 unspecified atom stereocenters. The summed E-state index contributed by atoms with van der Waals surface area (Å²) in [7, 11) is 2.07. The molecule has 0 saturated carbocycles. The van der Waals surface area contributed by atoms with E-state index in [1.54, 1.807) is 11.1 Å². The molecule has 0 radical (unpaired) electrons. The van der Waals surface area contributed by atoms with Crippen LogP contribution in [0.2, 0.25) is 0 Å². The van der Waals surface area contributed by atoms with Crippen LogP contribution in [0.1, 0.15) is 62.6 Å². The maximum absolute atomic E-state index is 13.0. The van der Waals surface area contributed by atoms with Crippen molar-refractivity contribution in [2.45, 2.75) is 51.6 Å². The number of aromatic nitrogens is 2. The third-order valence-electron chi connectivity index (χ3n) is 8.32. The molecule has 1 aromatic carbocycles. The molecule has 1 spiro atoms. The first-order valence-corrected chi connectivity index (χ1v) is 12.4. The molecular weight excluding hydrogens is 428 g/mol. The standard InChI is InChI=1S/C27H36N4O3/c1-19(2)20-5-7-21(8-6-20)27(33,25(3)16-30(4)17-25)22-13-23(29-28-15-22)31-18-26(14-24(31)32)9-11-34-12-10-26/h5-8,13,15,19,33H,9-12,14,16-18H2,1-4H3/t27-/m0/s1. The molecule has 1 atom stereocenters. The van der Waals surface area contributed by atoms with Crippen LogP contribution in [-0.2, 0) is 15.1 Å². The van der Waals surface area contributed by atoms with Gasteiger partial charge in [-0.05, 0) is 43.0 Å². The maximum Gasteiger partial charge on any atom is 0.228 e. The topological polar surface area (TPSA) is 78.8 Å². The van der Waals surface area contributed by atoms with E-state index in [1.165, 1.54) is 5.56 Å². The van der Waals surface area contributed by atoms with Crippen molar-refractivity contribution in [1.29, 1.82) is 0 Å². The third-order valence-corrected chi connectivity index (χ3v) is 8.32.